The van der Waals surface area contributed by atoms with Crippen molar-refractivity contribution >= 4 is 25.4 Å². The quantitative estimate of drug-likeness (QED) is 0.727. The van der Waals surface area contributed by atoms with Crippen LogP contribution in [0.5, 0.6) is 6.01 Å². The fourth-order valence-electron chi connectivity index (χ4n) is 1.19. The number of halogens is 1. The summed E-state index contributed by atoms with van der Waals surface area (Å²) in [6.45, 7) is 1.72. The zero-order valence-electron chi connectivity index (χ0n) is 8.38. The van der Waals surface area contributed by atoms with E-state index in [4.69, 9.17) is 15.4 Å². The van der Waals surface area contributed by atoms with Crippen molar-refractivity contribution in [1.29, 1.82) is 0 Å². The summed E-state index contributed by atoms with van der Waals surface area (Å²) in [7, 11) is 2.59. The van der Waals surface area contributed by atoms with Crippen LogP contribution in [0.15, 0.2) is 11.4 Å². The minimum absolute atomic E-state index is 0.139. The van der Waals surface area contributed by atoms with Crippen molar-refractivity contribution in [3.63, 3.8) is 0 Å². The number of hydrogen-bond acceptors (Lipinski definition) is 6. The Balaban J connectivity index is 2.83. The summed E-state index contributed by atoms with van der Waals surface area (Å²) >= 11 is 0. The normalized spacial score (nSPS) is 11.9. The lowest BCUT2D eigenvalue weighted by Gasteiger charge is -2.00. The van der Waals surface area contributed by atoms with Crippen LogP contribution in [-0.2, 0) is 9.05 Å². The Hall–Kier alpha value is -1.41. The van der Waals surface area contributed by atoms with Crippen LogP contribution in [0.4, 0.5) is 0 Å². The zero-order valence-corrected chi connectivity index (χ0v) is 9.95. The van der Waals surface area contributed by atoms with Gasteiger partial charge in [-0.25, -0.2) is 13.4 Å². The topological polar surface area (TPSA) is 86.5 Å². The highest BCUT2D eigenvalue weighted by Gasteiger charge is 2.20. The van der Waals surface area contributed by atoms with Gasteiger partial charge in [-0.15, -0.1) is 5.10 Å². The highest BCUT2D eigenvalue weighted by Crippen LogP contribution is 2.17. The monoisotopic (exact) mass is 262 g/mol. The molecule has 16 heavy (non-hydrogen) atoms. The van der Waals surface area contributed by atoms with Crippen LogP contribution in [0.1, 0.15) is 5.56 Å². The molecule has 0 spiro atoms. The Morgan fingerprint density at radius 2 is 2.19 bits per heavy atom. The molecule has 0 saturated heterocycles. The molecule has 0 atom stereocenters. The third-order valence-corrected chi connectivity index (χ3v) is 2.91. The molecule has 0 N–H and O–H groups in total. The fraction of sp³-hybridized carbons (Fsp3) is 0.286. The van der Waals surface area contributed by atoms with Crippen LogP contribution in [0, 0.1) is 6.92 Å². The van der Waals surface area contributed by atoms with Crippen molar-refractivity contribution in [1.82, 2.24) is 19.6 Å². The Morgan fingerprint density at radius 3 is 2.75 bits per heavy atom. The Morgan fingerprint density at radius 1 is 1.50 bits per heavy atom. The number of methoxy groups -OCH3 is 1. The van der Waals surface area contributed by atoms with Gasteiger partial charge in [-0.1, -0.05) is 0 Å². The lowest BCUT2D eigenvalue weighted by Crippen LogP contribution is -2.00. The van der Waals surface area contributed by atoms with Gasteiger partial charge in [0.2, 0.25) is 0 Å². The largest absolute Gasteiger partial charge is 0.467 e. The van der Waals surface area contributed by atoms with E-state index in [1.165, 1.54) is 17.8 Å². The first kappa shape index (κ1) is 11.1. The molecule has 0 aliphatic heterocycles. The molecule has 0 aromatic carbocycles. The van der Waals surface area contributed by atoms with Crippen LogP contribution < -0.4 is 4.74 Å². The number of fused-ring (bicyclic) bond motifs is 1. The molecule has 0 saturated carbocycles. The van der Waals surface area contributed by atoms with E-state index in [1.54, 1.807) is 6.92 Å². The Bertz CT molecular complexity index is 651. The van der Waals surface area contributed by atoms with Crippen LogP contribution in [0.25, 0.3) is 5.65 Å². The van der Waals surface area contributed by atoms with E-state index in [0.29, 0.717) is 11.2 Å². The zero-order chi connectivity index (χ0) is 11.9. The molecular weight excluding hydrogens is 256 g/mol. The minimum atomic E-state index is -3.96. The van der Waals surface area contributed by atoms with Crippen molar-refractivity contribution in [2.24, 2.45) is 0 Å². The van der Waals surface area contributed by atoms with Gasteiger partial charge in [-0.2, -0.15) is 9.50 Å². The number of ether oxygens (including phenoxy) is 1. The van der Waals surface area contributed by atoms with E-state index in [9.17, 15) is 8.42 Å². The molecule has 2 aromatic rings. The van der Waals surface area contributed by atoms with E-state index in [0.717, 1.165) is 0 Å². The Kier molecular flexibility index (Phi) is 2.47. The predicted octanol–water partition coefficient (Wildman–Crippen LogP) is 0.369. The van der Waals surface area contributed by atoms with Gasteiger partial charge in [0.25, 0.3) is 14.2 Å². The maximum atomic E-state index is 11.1. The third kappa shape index (κ3) is 1.69. The van der Waals surface area contributed by atoms with E-state index in [1.807, 2.05) is 0 Å². The molecule has 2 aromatic heterocycles. The predicted molar refractivity (Wildman–Crippen MR) is 55.1 cm³/mol. The van der Waals surface area contributed by atoms with E-state index >= 15 is 0 Å². The first-order valence-corrected chi connectivity index (χ1v) is 6.45. The molecule has 0 fully saturated rings. The van der Waals surface area contributed by atoms with Gasteiger partial charge in [-0.05, 0) is 6.92 Å². The Labute approximate surface area is 95.5 Å². The van der Waals surface area contributed by atoms with E-state index in [-0.39, 0.29) is 6.01 Å². The van der Waals surface area contributed by atoms with Gasteiger partial charge in [0.1, 0.15) is 0 Å². The first-order valence-electron chi connectivity index (χ1n) is 4.14. The SMILES string of the molecule is COc1ncc(C)c2nc(S(=O)(=O)Cl)nn12. The molecule has 86 valence electrons. The van der Waals surface area contributed by atoms with Crippen molar-refractivity contribution in [2.75, 3.05) is 7.11 Å². The second kappa shape index (κ2) is 3.56. The molecule has 9 heteroatoms. The fourth-order valence-corrected chi connectivity index (χ4v) is 1.76. The average Bonchev–Trinajstić information content (AvgIpc) is 2.63. The summed E-state index contributed by atoms with van der Waals surface area (Å²) < 4.78 is 28.3. The molecule has 7 nitrogen and oxygen atoms in total. The molecule has 0 aliphatic carbocycles. The highest BCUT2D eigenvalue weighted by molar-refractivity contribution is 8.13. The first-order chi connectivity index (χ1) is 7.43. The maximum Gasteiger partial charge on any atom is 0.319 e. The summed E-state index contributed by atoms with van der Waals surface area (Å²) in [5, 5.41) is 3.24. The smallest absolute Gasteiger partial charge is 0.319 e. The van der Waals surface area contributed by atoms with Crippen molar-refractivity contribution in [2.45, 2.75) is 12.1 Å². The van der Waals surface area contributed by atoms with Crippen molar-refractivity contribution < 1.29 is 13.2 Å². The van der Waals surface area contributed by atoms with Crippen LogP contribution in [0.2, 0.25) is 0 Å². The number of aryl methyl sites for hydroxylation is 1. The van der Waals surface area contributed by atoms with Crippen LogP contribution in [0.3, 0.4) is 0 Å². The minimum Gasteiger partial charge on any atom is -0.467 e. The van der Waals surface area contributed by atoms with Crippen LogP contribution >= 0.6 is 10.7 Å². The van der Waals surface area contributed by atoms with Crippen LogP contribution in [-0.4, -0.2) is 35.1 Å². The number of nitrogens with zero attached hydrogens (tertiary/aromatic N) is 4. The van der Waals surface area contributed by atoms with E-state index < -0.39 is 14.2 Å². The molecule has 2 rings (SSSR count). The van der Waals surface area contributed by atoms with Gasteiger partial charge in [-0.3, -0.25) is 0 Å². The standard InChI is InChI=1S/C7H7ClN4O3S/c1-4-3-9-7(15-2)12-5(4)10-6(11-12)16(8,13)14/h3H,1-2H3. The third-order valence-electron chi connectivity index (χ3n) is 1.89. The number of rotatable bonds is 2. The molecule has 0 amide bonds. The molecular formula is C7H7ClN4O3S. The van der Waals surface area contributed by atoms with Gasteiger partial charge in [0.05, 0.1) is 7.11 Å². The highest BCUT2D eigenvalue weighted by atomic mass is 35.7. The lowest BCUT2D eigenvalue weighted by molar-refractivity contribution is 0.366. The second-order valence-electron chi connectivity index (χ2n) is 3.00. The van der Waals surface area contributed by atoms with Gasteiger partial charge in [0.15, 0.2) is 5.65 Å². The maximum absolute atomic E-state index is 11.1. The number of aromatic nitrogens is 4. The molecule has 2 heterocycles. The second-order valence-corrected chi connectivity index (χ2v) is 5.46. The lowest BCUT2D eigenvalue weighted by atomic mass is 10.4. The van der Waals surface area contributed by atoms with Gasteiger partial charge >= 0.3 is 6.01 Å². The summed E-state index contributed by atoms with van der Waals surface area (Å²) in [4.78, 5) is 7.72. The average molecular weight is 263 g/mol. The molecule has 0 unspecified atom stereocenters. The summed E-state index contributed by atoms with van der Waals surface area (Å²) in [6, 6.07) is 0.139. The van der Waals surface area contributed by atoms with E-state index in [2.05, 4.69) is 15.1 Å². The van der Waals surface area contributed by atoms with Gasteiger partial charge < -0.3 is 4.74 Å². The summed E-state index contributed by atoms with van der Waals surface area (Å²) in [6.07, 6.45) is 1.51. The number of hydrogen-bond donors (Lipinski definition) is 0. The van der Waals surface area contributed by atoms with Crippen molar-refractivity contribution in [3.8, 4) is 6.01 Å². The van der Waals surface area contributed by atoms with Crippen molar-refractivity contribution in [3.05, 3.63) is 11.8 Å². The molecule has 0 radical (unpaired) electrons. The summed E-state index contributed by atoms with van der Waals surface area (Å²) in [5.74, 6) is 0. The van der Waals surface area contributed by atoms with Gasteiger partial charge in [0, 0.05) is 22.4 Å². The molecule has 0 aliphatic rings. The molecule has 0 bridgehead atoms. The summed E-state index contributed by atoms with van der Waals surface area (Å²) in [5.41, 5.74) is 1.01.